The number of nitrogens with zero attached hydrogens (tertiary/aromatic N) is 3. The topological polar surface area (TPSA) is 69.0 Å². The van der Waals surface area contributed by atoms with Crippen LogP contribution in [0.1, 0.15) is 28.3 Å². The highest BCUT2D eigenvalue weighted by Crippen LogP contribution is 2.38. The molecule has 1 aliphatic rings. The van der Waals surface area contributed by atoms with E-state index in [1.54, 1.807) is 16.0 Å². The fourth-order valence-corrected chi connectivity index (χ4v) is 3.99. The molecule has 0 spiro atoms. The number of aryl methyl sites for hydroxylation is 1. The average molecular weight is 366 g/mol. The van der Waals surface area contributed by atoms with E-state index in [4.69, 9.17) is 4.74 Å². The van der Waals surface area contributed by atoms with Gasteiger partial charge in [-0.3, -0.25) is 0 Å². The average Bonchev–Trinajstić information content (AvgIpc) is 3.28. The van der Waals surface area contributed by atoms with Crippen LogP contribution in [0.25, 0.3) is 0 Å². The third kappa shape index (κ3) is 3.01. The molecular weight excluding hydrogens is 348 g/mol. The Labute approximate surface area is 155 Å². The zero-order valence-corrected chi connectivity index (χ0v) is 15.3. The van der Waals surface area contributed by atoms with Gasteiger partial charge < -0.3 is 10.1 Å². The molecule has 1 atom stereocenters. The predicted octanol–water partition coefficient (Wildman–Crippen LogP) is 3.68. The third-order valence-corrected chi connectivity index (χ3v) is 5.31. The highest BCUT2D eigenvalue weighted by Gasteiger charge is 2.35. The van der Waals surface area contributed by atoms with Crippen molar-refractivity contribution < 1.29 is 9.53 Å². The van der Waals surface area contributed by atoms with Gasteiger partial charge in [0.05, 0.1) is 5.57 Å². The number of nitrogens with one attached hydrogen (secondary N) is 1. The van der Waals surface area contributed by atoms with Gasteiger partial charge in [-0.1, -0.05) is 30.3 Å². The summed E-state index contributed by atoms with van der Waals surface area (Å²) in [6.45, 7) is 4.14. The number of ether oxygens (including phenoxy) is 1. The van der Waals surface area contributed by atoms with Crippen LogP contribution < -0.4 is 5.32 Å². The van der Waals surface area contributed by atoms with Crippen LogP contribution in [0.2, 0.25) is 0 Å². The van der Waals surface area contributed by atoms with Crippen molar-refractivity contribution in [3.63, 3.8) is 0 Å². The van der Waals surface area contributed by atoms with E-state index in [2.05, 4.69) is 15.4 Å². The lowest BCUT2D eigenvalue weighted by Crippen LogP contribution is -2.29. The Bertz CT molecular complexity index is 974. The standard InChI is InChI=1S/C19H18N4O2S/c1-12-8-9-15(26-12)17-16(13(2)22-19-20-11-21-23(17)19)18(24)25-10-14-6-4-3-5-7-14/h3-9,11,17H,10H2,1-2H3,(H,20,21,22)/t17-/m1/s1. The molecule has 1 aromatic carbocycles. The predicted molar refractivity (Wildman–Crippen MR) is 99.8 cm³/mol. The van der Waals surface area contributed by atoms with Gasteiger partial charge in [0.25, 0.3) is 0 Å². The van der Waals surface area contributed by atoms with Crippen molar-refractivity contribution >= 4 is 23.3 Å². The molecule has 3 heterocycles. The molecule has 0 saturated carbocycles. The number of anilines is 1. The number of benzene rings is 1. The SMILES string of the molecule is CC1=C(C(=O)OCc2ccccc2)[C@@H](c2ccc(C)s2)n2ncnc2N1. The molecule has 1 N–H and O–H groups in total. The number of hydrogen-bond acceptors (Lipinski definition) is 6. The van der Waals surface area contributed by atoms with Crippen LogP contribution in [-0.4, -0.2) is 20.7 Å². The van der Waals surface area contributed by atoms with Gasteiger partial charge in [0, 0.05) is 15.5 Å². The van der Waals surface area contributed by atoms with Crippen LogP contribution in [0, 0.1) is 6.92 Å². The maximum atomic E-state index is 12.9. The number of hydrogen-bond donors (Lipinski definition) is 1. The van der Waals surface area contributed by atoms with Crippen LogP contribution in [0.3, 0.4) is 0 Å². The summed E-state index contributed by atoms with van der Waals surface area (Å²) in [5.74, 6) is 0.272. The monoisotopic (exact) mass is 366 g/mol. The first kappa shape index (κ1) is 16.5. The maximum Gasteiger partial charge on any atom is 0.338 e. The second-order valence-corrected chi connectivity index (χ2v) is 7.42. The Hall–Kier alpha value is -2.93. The summed E-state index contributed by atoms with van der Waals surface area (Å²) < 4.78 is 7.33. The summed E-state index contributed by atoms with van der Waals surface area (Å²) in [5, 5.41) is 7.47. The minimum atomic E-state index is -0.351. The number of fused-ring (bicyclic) bond motifs is 1. The van der Waals surface area contributed by atoms with Crippen molar-refractivity contribution in [1.29, 1.82) is 0 Å². The Morgan fingerprint density at radius 3 is 2.77 bits per heavy atom. The number of aromatic nitrogens is 3. The van der Waals surface area contributed by atoms with Crippen molar-refractivity contribution in [3.8, 4) is 0 Å². The largest absolute Gasteiger partial charge is 0.457 e. The quantitative estimate of drug-likeness (QED) is 0.714. The van der Waals surface area contributed by atoms with E-state index in [0.29, 0.717) is 11.5 Å². The van der Waals surface area contributed by atoms with Crippen LogP contribution in [-0.2, 0) is 16.1 Å². The fourth-order valence-electron chi connectivity index (χ4n) is 3.02. The molecule has 0 radical (unpaired) electrons. The highest BCUT2D eigenvalue weighted by molar-refractivity contribution is 7.12. The van der Waals surface area contributed by atoms with E-state index in [1.165, 1.54) is 11.2 Å². The first-order valence-corrected chi connectivity index (χ1v) is 9.10. The van der Waals surface area contributed by atoms with E-state index >= 15 is 0 Å². The Morgan fingerprint density at radius 1 is 1.23 bits per heavy atom. The molecule has 1 aliphatic heterocycles. The van der Waals surface area contributed by atoms with Gasteiger partial charge in [-0.25, -0.2) is 9.48 Å². The Morgan fingerprint density at radius 2 is 2.04 bits per heavy atom. The molecule has 4 rings (SSSR count). The minimum absolute atomic E-state index is 0.233. The highest BCUT2D eigenvalue weighted by atomic mass is 32.1. The van der Waals surface area contributed by atoms with Crippen molar-refractivity contribution in [2.75, 3.05) is 5.32 Å². The summed E-state index contributed by atoms with van der Waals surface area (Å²) >= 11 is 1.64. The lowest BCUT2D eigenvalue weighted by molar-refractivity contribution is -0.140. The van der Waals surface area contributed by atoms with E-state index in [1.807, 2.05) is 56.3 Å². The van der Waals surface area contributed by atoms with Gasteiger partial charge in [0.1, 0.15) is 19.0 Å². The Balaban J connectivity index is 1.66. The van der Waals surface area contributed by atoms with Gasteiger partial charge in [0.2, 0.25) is 5.95 Å². The van der Waals surface area contributed by atoms with E-state index < -0.39 is 0 Å². The van der Waals surface area contributed by atoms with Gasteiger partial charge in [0.15, 0.2) is 0 Å². The van der Waals surface area contributed by atoms with Crippen molar-refractivity contribution in [3.05, 3.63) is 75.4 Å². The summed E-state index contributed by atoms with van der Waals surface area (Å²) in [4.78, 5) is 19.4. The molecule has 2 aromatic heterocycles. The lowest BCUT2D eigenvalue weighted by Gasteiger charge is -2.27. The zero-order valence-electron chi connectivity index (χ0n) is 14.5. The molecule has 0 aliphatic carbocycles. The first-order chi connectivity index (χ1) is 12.6. The van der Waals surface area contributed by atoms with Crippen LogP contribution >= 0.6 is 11.3 Å². The molecule has 0 saturated heterocycles. The summed E-state index contributed by atoms with van der Waals surface area (Å²) in [6, 6.07) is 13.4. The number of thiophene rings is 1. The van der Waals surface area contributed by atoms with Gasteiger partial charge in [-0.15, -0.1) is 11.3 Å². The summed E-state index contributed by atoms with van der Waals surface area (Å²) in [5.41, 5.74) is 2.24. The number of carbonyl (C=O) groups excluding carboxylic acids is 1. The number of esters is 1. The molecule has 0 fully saturated rings. The molecular formula is C19H18N4O2S. The molecule has 26 heavy (non-hydrogen) atoms. The molecule has 0 unspecified atom stereocenters. The minimum Gasteiger partial charge on any atom is -0.457 e. The van der Waals surface area contributed by atoms with Crippen LogP contribution in [0.5, 0.6) is 0 Å². The van der Waals surface area contributed by atoms with Crippen molar-refractivity contribution in [2.24, 2.45) is 0 Å². The second kappa shape index (κ2) is 6.76. The molecule has 0 amide bonds. The third-order valence-electron chi connectivity index (χ3n) is 4.26. The van der Waals surface area contributed by atoms with E-state index in [0.717, 1.165) is 16.1 Å². The van der Waals surface area contributed by atoms with Crippen LogP contribution in [0.15, 0.2) is 60.1 Å². The smallest absolute Gasteiger partial charge is 0.338 e. The van der Waals surface area contributed by atoms with Crippen molar-refractivity contribution in [1.82, 2.24) is 14.8 Å². The van der Waals surface area contributed by atoms with E-state index in [-0.39, 0.29) is 18.6 Å². The Kier molecular flexibility index (Phi) is 4.30. The first-order valence-electron chi connectivity index (χ1n) is 8.28. The normalized spacial score (nSPS) is 16.2. The van der Waals surface area contributed by atoms with Gasteiger partial charge >= 0.3 is 5.97 Å². The molecule has 3 aromatic rings. The second-order valence-electron chi connectivity index (χ2n) is 6.10. The lowest BCUT2D eigenvalue weighted by atomic mass is 10.0. The summed E-state index contributed by atoms with van der Waals surface area (Å²) in [6.07, 6.45) is 1.49. The fraction of sp³-hybridized carbons (Fsp3) is 0.211. The van der Waals surface area contributed by atoms with Gasteiger partial charge in [-0.05, 0) is 31.5 Å². The maximum absolute atomic E-state index is 12.9. The molecule has 132 valence electrons. The molecule has 6 nitrogen and oxygen atoms in total. The van der Waals surface area contributed by atoms with Crippen LogP contribution in [0.4, 0.5) is 5.95 Å². The van der Waals surface area contributed by atoms with Gasteiger partial charge in [-0.2, -0.15) is 10.1 Å². The van der Waals surface area contributed by atoms with Crippen molar-refractivity contribution in [2.45, 2.75) is 26.5 Å². The molecule has 7 heteroatoms. The molecule has 0 bridgehead atoms. The number of rotatable bonds is 4. The number of carbonyl (C=O) groups is 1. The van der Waals surface area contributed by atoms with E-state index in [9.17, 15) is 4.79 Å². The summed E-state index contributed by atoms with van der Waals surface area (Å²) in [7, 11) is 0. The zero-order chi connectivity index (χ0) is 18.1. The number of allylic oxidation sites excluding steroid dienone is 1.